The molecule has 3 rings (SSSR count). The number of H-pyrrole nitrogens is 1. The van der Waals surface area contributed by atoms with Gasteiger partial charge in [0.25, 0.3) is 5.91 Å². The van der Waals surface area contributed by atoms with Crippen molar-refractivity contribution in [3.8, 4) is 10.6 Å². The molecule has 0 atom stereocenters. The lowest BCUT2D eigenvalue weighted by molar-refractivity contribution is 0.0944. The number of aromatic amines is 1. The molecule has 2 N–H and O–H groups in total. The van der Waals surface area contributed by atoms with Crippen molar-refractivity contribution in [2.75, 3.05) is 0 Å². The topological polar surface area (TPSA) is 87.7 Å². The van der Waals surface area contributed by atoms with Crippen LogP contribution in [0.1, 0.15) is 41.3 Å². The van der Waals surface area contributed by atoms with Crippen LogP contribution in [-0.2, 0) is 13.0 Å². The fraction of sp³-hybridized carbons (Fsp3) is 0.300. The van der Waals surface area contributed by atoms with Crippen molar-refractivity contribution in [2.24, 2.45) is 5.92 Å². The second-order valence-electron chi connectivity index (χ2n) is 6.89. The van der Waals surface area contributed by atoms with Gasteiger partial charge in [-0.25, -0.2) is 9.78 Å². The summed E-state index contributed by atoms with van der Waals surface area (Å²) in [6, 6.07) is 9.78. The van der Waals surface area contributed by atoms with Crippen LogP contribution in [0.3, 0.4) is 0 Å². The Kier molecular flexibility index (Phi) is 5.81. The number of nitrogens with zero attached hydrogens (tertiary/aromatic N) is 2. The SMILES string of the molecule is Cc1cccc(-c2nc(CNC(=O)c3cc(CC(C)C)[nH]c(=O)n3)cs2)c1. The third-order valence-corrected chi connectivity index (χ3v) is 4.85. The first-order valence-electron chi connectivity index (χ1n) is 8.80. The normalized spacial score (nSPS) is 11.0. The number of aromatic nitrogens is 3. The number of amides is 1. The van der Waals surface area contributed by atoms with E-state index in [4.69, 9.17) is 0 Å². The van der Waals surface area contributed by atoms with Crippen molar-refractivity contribution in [1.29, 1.82) is 0 Å². The second-order valence-corrected chi connectivity index (χ2v) is 7.75. The van der Waals surface area contributed by atoms with E-state index >= 15 is 0 Å². The lowest BCUT2D eigenvalue weighted by Crippen LogP contribution is -2.27. The van der Waals surface area contributed by atoms with Crippen LogP contribution in [0.5, 0.6) is 0 Å². The summed E-state index contributed by atoms with van der Waals surface area (Å²) in [4.78, 5) is 35.1. The molecule has 0 aliphatic carbocycles. The highest BCUT2D eigenvalue weighted by Crippen LogP contribution is 2.24. The summed E-state index contributed by atoms with van der Waals surface area (Å²) in [7, 11) is 0. The number of rotatable bonds is 6. The smallest absolute Gasteiger partial charge is 0.345 e. The Hall–Kier alpha value is -2.80. The number of benzene rings is 1. The minimum absolute atomic E-state index is 0.128. The molecule has 2 heterocycles. The van der Waals surface area contributed by atoms with Gasteiger partial charge in [0.15, 0.2) is 0 Å². The average molecular weight is 382 g/mol. The van der Waals surface area contributed by atoms with Crippen LogP contribution in [0.25, 0.3) is 10.6 Å². The van der Waals surface area contributed by atoms with Crippen LogP contribution in [-0.4, -0.2) is 20.9 Å². The van der Waals surface area contributed by atoms with Gasteiger partial charge in [-0.3, -0.25) is 4.79 Å². The third kappa shape index (κ3) is 5.10. The molecular formula is C20H22N4O2S. The number of carbonyl (C=O) groups is 1. The molecule has 2 aromatic heterocycles. The quantitative estimate of drug-likeness (QED) is 0.684. The first-order valence-corrected chi connectivity index (χ1v) is 9.68. The summed E-state index contributed by atoms with van der Waals surface area (Å²) >= 11 is 1.54. The minimum Gasteiger partial charge on any atom is -0.345 e. The van der Waals surface area contributed by atoms with Crippen LogP contribution in [0, 0.1) is 12.8 Å². The molecule has 0 unspecified atom stereocenters. The Bertz CT molecular complexity index is 1010. The van der Waals surface area contributed by atoms with E-state index in [-0.39, 0.29) is 18.1 Å². The molecule has 6 nitrogen and oxygen atoms in total. The van der Waals surface area contributed by atoms with Gasteiger partial charge in [-0.05, 0) is 31.4 Å². The molecule has 0 aliphatic heterocycles. The summed E-state index contributed by atoms with van der Waals surface area (Å²) in [5.41, 5.74) is 3.35. The van der Waals surface area contributed by atoms with E-state index in [1.165, 1.54) is 16.9 Å². The van der Waals surface area contributed by atoms with Crippen LogP contribution < -0.4 is 11.0 Å². The number of hydrogen-bond acceptors (Lipinski definition) is 5. The first kappa shape index (κ1) is 19.0. The van der Waals surface area contributed by atoms with Gasteiger partial charge in [-0.15, -0.1) is 11.3 Å². The van der Waals surface area contributed by atoms with Gasteiger partial charge < -0.3 is 10.3 Å². The molecule has 7 heteroatoms. The zero-order valence-corrected chi connectivity index (χ0v) is 16.4. The highest BCUT2D eigenvalue weighted by Gasteiger charge is 2.12. The van der Waals surface area contributed by atoms with Crippen molar-refractivity contribution in [1.82, 2.24) is 20.3 Å². The van der Waals surface area contributed by atoms with Crippen LogP contribution in [0.4, 0.5) is 0 Å². The third-order valence-electron chi connectivity index (χ3n) is 3.91. The van der Waals surface area contributed by atoms with Gasteiger partial charge in [-0.2, -0.15) is 4.98 Å². The maximum absolute atomic E-state index is 12.4. The Morgan fingerprint density at radius 1 is 1.26 bits per heavy atom. The zero-order chi connectivity index (χ0) is 19.4. The number of thiazole rings is 1. The van der Waals surface area contributed by atoms with E-state index in [0.717, 1.165) is 16.3 Å². The summed E-state index contributed by atoms with van der Waals surface area (Å²) in [6.07, 6.45) is 0.685. The van der Waals surface area contributed by atoms with Crippen molar-refractivity contribution in [3.63, 3.8) is 0 Å². The predicted octanol–water partition coefficient (Wildman–Crippen LogP) is 3.33. The molecule has 0 fully saturated rings. The zero-order valence-electron chi connectivity index (χ0n) is 15.6. The molecule has 0 saturated heterocycles. The van der Waals surface area contributed by atoms with Gasteiger partial charge in [-0.1, -0.05) is 37.6 Å². The lowest BCUT2D eigenvalue weighted by Gasteiger charge is -2.07. The summed E-state index contributed by atoms with van der Waals surface area (Å²) in [6.45, 7) is 6.43. The van der Waals surface area contributed by atoms with Crippen molar-refractivity contribution >= 4 is 17.2 Å². The first-order chi connectivity index (χ1) is 12.9. The second kappa shape index (κ2) is 8.26. The molecule has 3 aromatic rings. The van der Waals surface area contributed by atoms with E-state index in [2.05, 4.69) is 26.3 Å². The Balaban J connectivity index is 1.68. The largest absolute Gasteiger partial charge is 0.345 e. The van der Waals surface area contributed by atoms with Gasteiger partial charge >= 0.3 is 5.69 Å². The maximum Gasteiger partial charge on any atom is 0.345 e. The lowest BCUT2D eigenvalue weighted by atomic mass is 10.1. The minimum atomic E-state index is -0.506. The highest BCUT2D eigenvalue weighted by molar-refractivity contribution is 7.13. The van der Waals surface area contributed by atoms with Gasteiger partial charge in [0, 0.05) is 16.6 Å². The number of carbonyl (C=O) groups excluding carboxylic acids is 1. The van der Waals surface area contributed by atoms with E-state index < -0.39 is 5.69 Å². The Morgan fingerprint density at radius 2 is 2.07 bits per heavy atom. The molecule has 0 spiro atoms. The van der Waals surface area contributed by atoms with Crippen LogP contribution >= 0.6 is 11.3 Å². The standard InChI is InChI=1S/C20H22N4O2S/c1-12(2)7-15-9-17(24-20(26)23-15)18(25)21-10-16-11-27-19(22-16)14-6-4-5-13(3)8-14/h4-6,8-9,11-12H,7,10H2,1-3H3,(H,21,25)(H,23,24,26). The molecule has 0 bridgehead atoms. The van der Waals surface area contributed by atoms with E-state index in [9.17, 15) is 9.59 Å². The fourth-order valence-corrected chi connectivity index (χ4v) is 3.55. The summed E-state index contributed by atoms with van der Waals surface area (Å²) in [5.74, 6) is -0.00905. The molecule has 0 radical (unpaired) electrons. The van der Waals surface area contributed by atoms with Crippen LogP contribution in [0.2, 0.25) is 0 Å². The Morgan fingerprint density at radius 3 is 2.81 bits per heavy atom. The highest BCUT2D eigenvalue weighted by atomic mass is 32.1. The van der Waals surface area contributed by atoms with Gasteiger partial charge in [0.05, 0.1) is 12.2 Å². The van der Waals surface area contributed by atoms with Gasteiger partial charge in [0.2, 0.25) is 0 Å². The monoisotopic (exact) mass is 382 g/mol. The number of aryl methyl sites for hydroxylation is 1. The molecule has 0 saturated carbocycles. The number of hydrogen-bond donors (Lipinski definition) is 2. The fourth-order valence-electron chi connectivity index (χ4n) is 2.73. The van der Waals surface area contributed by atoms with Crippen molar-refractivity contribution < 1.29 is 4.79 Å². The number of nitrogens with one attached hydrogen (secondary N) is 2. The van der Waals surface area contributed by atoms with E-state index in [1.54, 1.807) is 6.07 Å². The van der Waals surface area contributed by atoms with E-state index in [1.807, 2.05) is 44.4 Å². The summed E-state index contributed by atoms with van der Waals surface area (Å²) in [5, 5.41) is 5.63. The molecular weight excluding hydrogens is 360 g/mol. The molecule has 140 valence electrons. The molecule has 27 heavy (non-hydrogen) atoms. The Labute approximate surface area is 161 Å². The predicted molar refractivity (Wildman–Crippen MR) is 107 cm³/mol. The van der Waals surface area contributed by atoms with Crippen molar-refractivity contribution in [3.05, 3.63) is 68.8 Å². The molecule has 1 amide bonds. The average Bonchev–Trinajstić information content (AvgIpc) is 3.07. The van der Waals surface area contributed by atoms with Crippen LogP contribution in [0.15, 0.2) is 40.5 Å². The molecule has 1 aromatic carbocycles. The van der Waals surface area contributed by atoms with Gasteiger partial charge in [0.1, 0.15) is 10.7 Å². The van der Waals surface area contributed by atoms with E-state index in [0.29, 0.717) is 18.0 Å². The summed E-state index contributed by atoms with van der Waals surface area (Å²) < 4.78 is 0. The maximum atomic E-state index is 12.4. The van der Waals surface area contributed by atoms with Crippen molar-refractivity contribution in [2.45, 2.75) is 33.7 Å². The molecule has 0 aliphatic rings.